The van der Waals surface area contributed by atoms with Crippen molar-refractivity contribution in [2.75, 3.05) is 17.3 Å². The van der Waals surface area contributed by atoms with Crippen molar-refractivity contribution in [2.45, 2.75) is 18.9 Å². The third-order valence-electron chi connectivity index (χ3n) is 5.07. The minimum atomic E-state index is -1.05. The van der Waals surface area contributed by atoms with Crippen molar-refractivity contribution in [2.24, 2.45) is 0 Å². The summed E-state index contributed by atoms with van der Waals surface area (Å²) in [5.74, 6) is 0.404. The molecule has 5 nitrogen and oxygen atoms in total. The maximum absolute atomic E-state index is 13.5. The van der Waals surface area contributed by atoms with E-state index in [1.165, 1.54) is 11.3 Å². The fraction of sp³-hybridized carbons (Fsp3) is 0.182. The van der Waals surface area contributed by atoms with Gasteiger partial charge in [0.15, 0.2) is 5.54 Å². The highest BCUT2D eigenvalue weighted by Crippen LogP contribution is 2.47. The normalized spacial score (nSPS) is 18.5. The zero-order chi connectivity index (χ0) is 19.7. The Labute approximate surface area is 167 Å². The number of hydrogen-bond acceptors (Lipinski definition) is 4. The van der Waals surface area contributed by atoms with Crippen molar-refractivity contribution >= 4 is 34.5 Å². The standard InChI is InChI=1S/C22H20N2O3S/c1-15-6-3-4-7-18(15)23-21(26)22(19-8-5-13-28-19)14-20(25)24(22)16-9-11-17(27-2)12-10-16/h3-13H,14H2,1-2H3,(H,23,26)/t22-/m1/s1. The Hall–Kier alpha value is -3.12. The van der Waals surface area contributed by atoms with Crippen molar-refractivity contribution in [1.82, 2.24) is 0 Å². The van der Waals surface area contributed by atoms with E-state index in [-0.39, 0.29) is 18.2 Å². The van der Waals surface area contributed by atoms with Gasteiger partial charge in [-0.05, 0) is 54.3 Å². The molecule has 1 aliphatic rings. The van der Waals surface area contributed by atoms with E-state index in [1.807, 2.05) is 48.7 Å². The highest BCUT2D eigenvalue weighted by atomic mass is 32.1. The van der Waals surface area contributed by atoms with Crippen LogP contribution >= 0.6 is 11.3 Å². The van der Waals surface area contributed by atoms with Gasteiger partial charge in [-0.1, -0.05) is 24.3 Å². The molecule has 2 aromatic carbocycles. The molecule has 1 fully saturated rings. The molecule has 4 rings (SSSR count). The summed E-state index contributed by atoms with van der Waals surface area (Å²) in [6, 6.07) is 18.6. The van der Waals surface area contributed by atoms with E-state index < -0.39 is 5.54 Å². The summed E-state index contributed by atoms with van der Waals surface area (Å²) in [7, 11) is 1.59. The molecule has 1 saturated heterocycles. The number of methoxy groups -OCH3 is 1. The van der Waals surface area contributed by atoms with Gasteiger partial charge in [-0.25, -0.2) is 0 Å². The summed E-state index contributed by atoms with van der Waals surface area (Å²) in [5.41, 5.74) is 1.34. The van der Waals surface area contributed by atoms with E-state index in [9.17, 15) is 9.59 Å². The van der Waals surface area contributed by atoms with Crippen LogP contribution in [0, 0.1) is 6.92 Å². The van der Waals surface area contributed by atoms with Gasteiger partial charge in [-0.15, -0.1) is 11.3 Å². The topological polar surface area (TPSA) is 58.6 Å². The van der Waals surface area contributed by atoms with Gasteiger partial charge in [0.25, 0.3) is 5.91 Å². The van der Waals surface area contributed by atoms with Crippen LogP contribution in [0.2, 0.25) is 0 Å². The molecule has 2 heterocycles. The SMILES string of the molecule is COc1ccc(N2C(=O)C[C@]2(C(=O)Nc2ccccc2C)c2cccs2)cc1. The second-order valence-corrected chi connectivity index (χ2v) is 7.66. The molecule has 3 aromatic rings. The fourth-order valence-corrected chi connectivity index (χ4v) is 4.45. The predicted octanol–water partition coefficient (Wildman–Crippen LogP) is 4.34. The van der Waals surface area contributed by atoms with Crippen LogP contribution in [0.1, 0.15) is 16.9 Å². The maximum atomic E-state index is 13.5. The van der Waals surface area contributed by atoms with Crippen LogP contribution in [0.25, 0.3) is 0 Å². The lowest BCUT2D eigenvalue weighted by atomic mass is 9.80. The Balaban J connectivity index is 1.75. The van der Waals surface area contributed by atoms with Gasteiger partial charge in [-0.2, -0.15) is 0 Å². The number of β-lactam (4-membered cyclic amide) rings is 1. The summed E-state index contributed by atoms with van der Waals surface area (Å²) >= 11 is 1.48. The molecule has 0 spiro atoms. The number of hydrogen-bond donors (Lipinski definition) is 1. The monoisotopic (exact) mass is 392 g/mol. The van der Waals surface area contributed by atoms with Gasteiger partial charge >= 0.3 is 0 Å². The quantitative estimate of drug-likeness (QED) is 0.657. The van der Waals surface area contributed by atoms with E-state index in [2.05, 4.69) is 5.32 Å². The van der Waals surface area contributed by atoms with Crippen LogP contribution in [0.5, 0.6) is 5.75 Å². The van der Waals surface area contributed by atoms with Gasteiger partial charge in [0.2, 0.25) is 5.91 Å². The van der Waals surface area contributed by atoms with E-state index in [1.54, 1.807) is 36.3 Å². The van der Waals surface area contributed by atoms with Crippen LogP contribution in [0.15, 0.2) is 66.0 Å². The van der Waals surface area contributed by atoms with Crippen molar-refractivity contribution in [1.29, 1.82) is 0 Å². The highest BCUT2D eigenvalue weighted by molar-refractivity contribution is 7.10. The van der Waals surface area contributed by atoms with Gasteiger partial charge in [0.05, 0.1) is 13.5 Å². The molecule has 1 N–H and O–H groups in total. The molecule has 0 unspecified atom stereocenters. The summed E-state index contributed by atoms with van der Waals surface area (Å²) in [4.78, 5) is 28.6. The molecule has 142 valence electrons. The number of para-hydroxylation sites is 1. The second kappa shape index (κ2) is 7.13. The van der Waals surface area contributed by atoms with Gasteiger partial charge in [0.1, 0.15) is 5.75 Å². The molecule has 1 aliphatic heterocycles. The molecule has 0 saturated carbocycles. The summed E-state index contributed by atoms with van der Waals surface area (Å²) in [6.45, 7) is 1.95. The number of nitrogens with zero attached hydrogens (tertiary/aromatic N) is 1. The molecular weight excluding hydrogens is 372 g/mol. The molecule has 2 amide bonds. The zero-order valence-electron chi connectivity index (χ0n) is 15.6. The minimum Gasteiger partial charge on any atom is -0.497 e. The van der Waals surface area contributed by atoms with Crippen molar-refractivity contribution < 1.29 is 14.3 Å². The largest absolute Gasteiger partial charge is 0.497 e. The summed E-state index contributed by atoms with van der Waals surface area (Å²) in [6.07, 6.45) is 0.136. The zero-order valence-corrected chi connectivity index (χ0v) is 16.5. The van der Waals surface area contributed by atoms with Crippen LogP contribution < -0.4 is 15.0 Å². The maximum Gasteiger partial charge on any atom is 0.256 e. The number of carbonyl (C=O) groups is 2. The Bertz CT molecular complexity index is 1010. The molecule has 28 heavy (non-hydrogen) atoms. The number of anilines is 2. The fourth-order valence-electron chi connectivity index (χ4n) is 3.54. The average molecular weight is 392 g/mol. The smallest absolute Gasteiger partial charge is 0.256 e. The number of ether oxygens (including phenoxy) is 1. The van der Waals surface area contributed by atoms with Gasteiger partial charge in [-0.3, -0.25) is 14.5 Å². The molecule has 1 atom stereocenters. The first kappa shape index (κ1) is 18.3. The van der Waals surface area contributed by atoms with Crippen molar-refractivity contribution in [3.63, 3.8) is 0 Å². The highest BCUT2D eigenvalue weighted by Gasteiger charge is 2.59. The van der Waals surface area contributed by atoms with E-state index in [0.29, 0.717) is 11.4 Å². The Morgan fingerprint density at radius 3 is 2.46 bits per heavy atom. The van der Waals surface area contributed by atoms with E-state index >= 15 is 0 Å². The van der Waals surface area contributed by atoms with Crippen LogP contribution in [0.4, 0.5) is 11.4 Å². The third-order valence-corrected chi connectivity index (χ3v) is 6.09. The van der Waals surface area contributed by atoms with Crippen LogP contribution in [-0.2, 0) is 15.1 Å². The number of amides is 2. The lowest BCUT2D eigenvalue weighted by molar-refractivity contribution is -0.137. The lowest BCUT2D eigenvalue weighted by Crippen LogP contribution is -2.67. The minimum absolute atomic E-state index is 0.0847. The number of carbonyl (C=O) groups excluding carboxylic acids is 2. The number of aryl methyl sites for hydroxylation is 1. The van der Waals surface area contributed by atoms with Crippen LogP contribution in [0.3, 0.4) is 0 Å². The van der Waals surface area contributed by atoms with Gasteiger partial charge < -0.3 is 10.1 Å². The number of benzene rings is 2. The molecule has 1 aromatic heterocycles. The number of rotatable bonds is 5. The van der Waals surface area contributed by atoms with Gasteiger partial charge in [0, 0.05) is 16.3 Å². The average Bonchev–Trinajstić information content (AvgIpc) is 3.23. The molecule has 6 heteroatoms. The number of nitrogens with one attached hydrogen (secondary N) is 1. The lowest BCUT2D eigenvalue weighted by Gasteiger charge is -2.50. The summed E-state index contributed by atoms with van der Waals surface area (Å²) < 4.78 is 5.21. The summed E-state index contributed by atoms with van der Waals surface area (Å²) in [5, 5.41) is 4.96. The van der Waals surface area contributed by atoms with Crippen molar-refractivity contribution in [3.8, 4) is 5.75 Å². The molecule has 0 aliphatic carbocycles. The Morgan fingerprint density at radius 1 is 1.11 bits per heavy atom. The molecular formula is C22H20N2O3S. The van der Waals surface area contributed by atoms with Crippen LogP contribution in [-0.4, -0.2) is 18.9 Å². The third kappa shape index (κ3) is 2.86. The van der Waals surface area contributed by atoms with Crippen molar-refractivity contribution in [3.05, 3.63) is 76.5 Å². The molecule has 0 radical (unpaired) electrons. The Kier molecular flexibility index (Phi) is 4.65. The first-order chi connectivity index (χ1) is 13.6. The Morgan fingerprint density at radius 2 is 1.86 bits per heavy atom. The first-order valence-electron chi connectivity index (χ1n) is 8.94. The molecule has 0 bridgehead atoms. The number of thiophene rings is 1. The van der Waals surface area contributed by atoms with E-state index in [0.717, 1.165) is 16.1 Å². The second-order valence-electron chi connectivity index (χ2n) is 6.71. The van der Waals surface area contributed by atoms with E-state index in [4.69, 9.17) is 4.74 Å². The predicted molar refractivity (Wildman–Crippen MR) is 111 cm³/mol. The first-order valence-corrected chi connectivity index (χ1v) is 9.82.